The molecule has 0 aromatic heterocycles. The van der Waals surface area contributed by atoms with Crippen molar-refractivity contribution in [3.63, 3.8) is 0 Å². The maximum atomic E-state index is 10.9. The second-order valence-corrected chi connectivity index (χ2v) is 3.55. The highest BCUT2D eigenvalue weighted by Crippen LogP contribution is 2.14. The van der Waals surface area contributed by atoms with Gasteiger partial charge in [0.15, 0.2) is 0 Å². The molecule has 4 heteroatoms. The molecule has 1 rings (SSSR count). The zero-order valence-electron chi connectivity index (χ0n) is 7.66. The third kappa shape index (κ3) is 2.88. The normalized spacial score (nSPS) is 11.1. The highest BCUT2D eigenvalue weighted by molar-refractivity contribution is 9.10. The predicted molar refractivity (Wildman–Crippen MR) is 58.3 cm³/mol. The topological polar surface area (TPSA) is 52.3 Å². The molecule has 0 aliphatic carbocycles. The molecule has 2 N–H and O–H groups in total. The number of carbonyl (C=O) groups excluding carboxylic acids is 1. The zero-order valence-corrected chi connectivity index (χ0v) is 9.24. The van der Waals surface area contributed by atoms with Gasteiger partial charge in [0.25, 0.3) is 0 Å². The van der Waals surface area contributed by atoms with E-state index in [0.29, 0.717) is 5.70 Å². The second kappa shape index (κ2) is 4.81. The summed E-state index contributed by atoms with van der Waals surface area (Å²) < 4.78 is 5.43. The van der Waals surface area contributed by atoms with Crippen molar-refractivity contribution in [2.45, 2.75) is 0 Å². The summed E-state index contributed by atoms with van der Waals surface area (Å²) in [6.45, 7) is 0. The van der Waals surface area contributed by atoms with Gasteiger partial charge in [-0.15, -0.1) is 0 Å². The zero-order chi connectivity index (χ0) is 10.6. The third-order valence-electron chi connectivity index (χ3n) is 1.65. The van der Waals surface area contributed by atoms with Gasteiger partial charge >= 0.3 is 5.97 Å². The second-order valence-electron chi connectivity index (χ2n) is 2.63. The molecule has 0 aliphatic rings. The van der Waals surface area contributed by atoms with Gasteiger partial charge in [0.2, 0.25) is 0 Å². The smallest absolute Gasteiger partial charge is 0.332 e. The standard InChI is InChI=1S/C10H10BrNO2/c1-14-10(13)6-9(12)7-2-4-8(11)5-3-7/h2-6H,12H2,1H3/b9-6-. The molecule has 1 aromatic rings. The fraction of sp³-hybridized carbons (Fsp3) is 0.100. The Kier molecular flexibility index (Phi) is 3.71. The molecule has 3 nitrogen and oxygen atoms in total. The summed E-state index contributed by atoms with van der Waals surface area (Å²) in [7, 11) is 1.31. The predicted octanol–water partition coefficient (Wildman–Crippen LogP) is 1.92. The summed E-state index contributed by atoms with van der Waals surface area (Å²) in [5.74, 6) is -0.453. The monoisotopic (exact) mass is 255 g/mol. The van der Waals surface area contributed by atoms with Gasteiger partial charge in [-0.25, -0.2) is 4.79 Å². The van der Waals surface area contributed by atoms with Crippen LogP contribution in [0.4, 0.5) is 0 Å². The molecule has 0 amide bonds. The molecule has 0 spiro atoms. The van der Waals surface area contributed by atoms with E-state index in [4.69, 9.17) is 5.73 Å². The van der Waals surface area contributed by atoms with Crippen LogP contribution < -0.4 is 5.73 Å². The number of carbonyl (C=O) groups is 1. The lowest BCUT2D eigenvalue weighted by atomic mass is 10.1. The molecule has 0 atom stereocenters. The van der Waals surface area contributed by atoms with Gasteiger partial charge in [-0.3, -0.25) is 0 Å². The number of methoxy groups -OCH3 is 1. The van der Waals surface area contributed by atoms with Crippen molar-refractivity contribution in [1.82, 2.24) is 0 Å². The number of ether oxygens (including phenoxy) is 1. The molecule has 0 radical (unpaired) electrons. The largest absolute Gasteiger partial charge is 0.466 e. The molecular weight excluding hydrogens is 246 g/mol. The molecule has 0 unspecified atom stereocenters. The fourth-order valence-electron chi connectivity index (χ4n) is 0.912. The first-order valence-corrected chi connectivity index (χ1v) is 4.74. The Morgan fingerprint density at radius 1 is 1.43 bits per heavy atom. The third-order valence-corrected chi connectivity index (χ3v) is 2.18. The van der Waals surface area contributed by atoms with Crippen molar-refractivity contribution in [3.8, 4) is 0 Å². The van der Waals surface area contributed by atoms with Gasteiger partial charge in [-0.1, -0.05) is 28.1 Å². The molecule has 0 aliphatic heterocycles. The number of halogens is 1. The fourth-order valence-corrected chi connectivity index (χ4v) is 1.18. The van der Waals surface area contributed by atoms with Crippen LogP contribution in [0.2, 0.25) is 0 Å². The number of hydrogen-bond donors (Lipinski definition) is 1. The van der Waals surface area contributed by atoms with E-state index in [2.05, 4.69) is 20.7 Å². The Balaban J connectivity index is 2.89. The number of hydrogen-bond acceptors (Lipinski definition) is 3. The van der Waals surface area contributed by atoms with Crippen molar-refractivity contribution in [2.75, 3.05) is 7.11 Å². The Labute approximate surface area is 90.7 Å². The van der Waals surface area contributed by atoms with Crippen LogP contribution in [-0.2, 0) is 9.53 Å². The SMILES string of the molecule is COC(=O)/C=C(\N)c1ccc(Br)cc1. The van der Waals surface area contributed by atoms with Crippen LogP contribution in [-0.4, -0.2) is 13.1 Å². The van der Waals surface area contributed by atoms with E-state index >= 15 is 0 Å². The van der Waals surface area contributed by atoms with Gasteiger partial charge in [0.05, 0.1) is 7.11 Å². The van der Waals surface area contributed by atoms with Crippen LogP contribution >= 0.6 is 15.9 Å². The van der Waals surface area contributed by atoms with E-state index in [1.807, 2.05) is 24.3 Å². The van der Waals surface area contributed by atoms with Gasteiger partial charge in [0, 0.05) is 16.2 Å². The summed E-state index contributed by atoms with van der Waals surface area (Å²) in [5.41, 5.74) is 6.85. The number of rotatable bonds is 2. The Morgan fingerprint density at radius 3 is 2.50 bits per heavy atom. The first-order valence-electron chi connectivity index (χ1n) is 3.94. The van der Waals surface area contributed by atoms with Crippen LogP contribution in [0.25, 0.3) is 5.70 Å². The minimum atomic E-state index is -0.453. The van der Waals surface area contributed by atoms with Crippen LogP contribution in [0, 0.1) is 0 Å². The average Bonchev–Trinajstić information content (AvgIpc) is 2.18. The van der Waals surface area contributed by atoms with Gasteiger partial charge in [-0.2, -0.15) is 0 Å². The molecule has 14 heavy (non-hydrogen) atoms. The molecule has 0 bridgehead atoms. The molecule has 0 saturated heterocycles. The summed E-state index contributed by atoms with van der Waals surface area (Å²) in [5, 5.41) is 0. The van der Waals surface area contributed by atoms with Crippen LogP contribution in [0.15, 0.2) is 34.8 Å². The summed E-state index contributed by atoms with van der Waals surface area (Å²) in [6.07, 6.45) is 1.25. The van der Waals surface area contributed by atoms with Crippen molar-refractivity contribution in [2.24, 2.45) is 5.73 Å². The lowest BCUT2D eigenvalue weighted by molar-refractivity contribution is -0.134. The van der Waals surface area contributed by atoms with Crippen LogP contribution in [0.5, 0.6) is 0 Å². The van der Waals surface area contributed by atoms with Crippen molar-refractivity contribution in [3.05, 3.63) is 40.4 Å². The van der Waals surface area contributed by atoms with Crippen molar-refractivity contribution >= 4 is 27.6 Å². The minimum absolute atomic E-state index is 0.393. The lowest BCUT2D eigenvalue weighted by Crippen LogP contribution is -2.02. The van der Waals surface area contributed by atoms with Gasteiger partial charge in [0.1, 0.15) is 0 Å². The number of esters is 1. The summed E-state index contributed by atoms with van der Waals surface area (Å²) in [6, 6.07) is 7.35. The van der Waals surface area contributed by atoms with E-state index < -0.39 is 5.97 Å². The quantitative estimate of drug-likeness (QED) is 0.649. The number of benzene rings is 1. The Hall–Kier alpha value is -1.29. The number of nitrogens with two attached hydrogens (primary N) is 1. The van der Waals surface area contributed by atoms with Crippen molar-refractivity contribution in [1.29, 1.82) is 0 Å². The van der Waals surface area contributed by atoms with Crippen molar-refractivity contribution < 1.29 is 9.53 Å². The first-order chi connectivity index (χ1) is 6.63. The highest BCUT2D eigenvalue weighted by Gasteiger charge is 2.00. The van der Waals surface area contributed by atoms with E-state index in [1.165, 1.54) is 13.2 Å². The minimum Gasteiger partial charge on any atom is -0.466 e. The first kappa shape index (κ1) is 10.8. The maximum Gasteiger partial charge on any atom is 0.332 e. The van der Waals surface area contributed by atoms with E-state index in [-0.39, 0.29) is 0 Å². The molecular formula is C10H10BrNO2. The highest BCUT2D eigenvalue weighted by atomic mass is 79.9. The summed E-state index contributed by atoms with van der Waals surface area (Å²) >= 11 is 3.31. The Bertz CT molecular complexity index is 357. The maximum absolute atomic E-state index is 10.9. The van der Waals surface area contributed by atoms with Gasteiger partial charge in [-0.05, 0) is 17.7 Å². The lowest BCUT2D eigenvalue weighted by Gasteiger charge is -2.00. The molecule has 0 saturated carbocycles. The molecule has 0 heterocycles. The van der Waals surface area contributed by atoms with Gasteiger partial charge < -0.3 is 10.5 Å². The Morgan fingerprint density at radius 2 is 2.00 bits per heavy atom. The van der Waals surface area contributed by atoms with E-state index in [0.717, 1.165) is 10.0 Å². The molecule has 1 aromatic carbocycles. The average molecular weight is 256 g/mol. The van der Waals surface area contributed by atoms with E-state index in [1.54, 1.807) is 0 Å². The molecule has 74 valence electrons. The van der Waals surface area contributed by atoms with Crippen LogP contribution in [0.1, 0.15) is 5.56 Å². The molecule has 0 fully saturated rings. The summed E-state index contributed by atoms with van der Waals surface area (Å²) in [4.78, 5) is 10.9. The van der Waals surface area contributed by atoms with Crippen LogP contribution in [0.3, 0.4) is 0 Å². The van der Waals surface area contributed by atoms with E-state index in [9.17, 15) is 4.79 Å².